The third-order valence-electron chi connectivity index (χ3n) is 3.69. The molecule has 1 aliphatic heterocycles. The van der Waals surface area contributed by atoms with E-state index >= 15 is 0 Å². The van der Waals surface area contributed by atoms with Crippen molar-refractivity contribution in [2.45, 2.75) is 13.0 Å². The standard InChI is InChI=1S/C18H19NO2/c1-19-10-4-7-16-15-6-3-2-5-13(15)12-21-18-9-8-14(20)11-17(16)18/h2-3,5-9,11,19-20H,4,10,12H2,1H3/b16-7-. The summed E-state index contributed by atoms with van der Waals surface area (Å²) >= 11 is 0. The molecule has 0 atom stereocenters. The Kier molecular flexibility index (Phi) is 3.93. The zero-order valence-corrected chi connectivity index (χ0v) is 12.1. The Balaban J connectivity index is 2.14. The SMILES string of the molecule is CNCC/C=C1/c2ccccc2COc2ccc(O)cc21. The molecule has 2 aromatic rings. The fourth-order valence-electron chi connectivity index (χ4n) is 2.64. The lowest BCUT2D eigenvalue weighted by atomic mass is 9.93. The van der Waals surface area contributed by atoms with E-state index in [0.29, 0.717) is 6.61 Å². The maximum atomic E-state index is 9.82. The van der Waals surface area contributed by atoms with Crippen molar-refractivity contribution in [2.24, 2.45) is 0 Å². The highest BCUT2D eigenvalue weighted by atomic mass is 16.5. The minimum atomic E-state index is 0.260. The summed E-state index contributed by atoms with van der Waals surface area (Å²) in [6.45, 7) is 1.47. The van der Waals surface area contributed by atoms with E-state index in [1.54, 1.807) is 12.1 Å². The molecule has 0 amide bonds. The van der Waals surface area contributed by atoms with Crippen LogP contribution in [0.15, 0.2) is 48.5 Å². The third-order valence-corrected chi connectivity index (χ3v) is 3.69. The second-order valence-corrected chi connectivity index (χ2v) is 5.14. The van der Waals surface area contributed by atoms with Gasteiger partial charge in [0.1, 0.15) is 18.1 Å². The number of rotatable bonds is 3. The zero-order chi connectivity index (χ0) is 14.7. The van der Waals surface area contributed by atoms with Gasteiger partial charge in [0, 0.05) is 5.56 Å². The number of nitrogens with one attached hydrogen (secondary N) is 1. The van der Waals surface area contributed by atoms with Crippen molar-refractivity contribution in [3.63, 3.8) is 0 Å². The Hall–Kier alpha value is -2.26. The average molecular weight is 281 g/mol. The van der Waals surface area contributed by atoms with Gasteiger partial charge in [0.15, 0.2) is 0 Å². The molecule has 0 bridgehead atoms. The smallest absolute Gasteiger partial charge is 0.127 e. The molecule has 1 aliphatic rings. The average Bonchev–Trinajstić information content (AvgIpc) is 2.65. The molecule has 0 aliphatic carbocycles. The van der Waals surface area contributed by atoms with Gasteiger partial charge >= 0.3 is 0 Å². The highest BCUT2D eigenvalue weighted by molar-refractivity contribution is 5.85. The number of benzene rings is 2. The summed E-state index contributed by atoms with van der Waals surface area (Å²) in [5.41, 5.74) is 4.43. The van der Waals surface area contributed by atoms with Crippen LogP contribution in [0.1, 0.15) is 23.1 Å². The maximum absolute atomic E-state index is 9.82. The summed E-state index contributed by atoms with van der Waals surface area (Å²) in [6.07, 6.45) is 3.14. The summed E-state index contributed by atoms with van der Waals surface area (Å²) < 4.78 is 5.90. The van der Waals surface area contributed by atoms with Crippen LogP contribution >= 0.6 is 0 Å². The molecule has 3 heteroatoms. The number of phenols is 1. The molecule has 1 heterocycles. The van der Waals surface area contributed by atoms with Crippen molar-refractivity contribution in [1.29, 1.82) is 0 Å². The van der Waals surface area contributed by atoms with E-state index in [2.05, 4.69) is 23.5 Å². The molecule has 0 saturated carbocycles. The van der Waals surface area contributed by atoms with Crippen molar-refractivity contribution in [2.75, 3.05) is 13.6 Å². The van der Waals surface area contributed by atoms with Crippen molar-refractivity contribution in [3.05, 3.63) is 65.2 Å². The molecular weight excluding hydrogens is 262 g/mol. The van der Waals surface area contributed by atoms with Crippen LogP contribution in [0.5, 0.6) is 11.5 Å². The van der Waals surface area contributed by atoms with Crippen molar-refractivity contribution in [1.82, 2.24) is 5.32 Å². The predicted molar refractivity (Wildman–Crippen MR) is 84.5 cm³/mol. The number of hydrogen-bond acceptors (Lipinski definition) is 3. The molecule has 108 valence electrons. The minimum absolute atomic E-state index is 0.260. The second-order valence-electron chi connectivity index (χ2n) is 5.14. The Labute approximate surface area is 124 Å². The van der Waals surface area contributed by atoms with E-state index in [9.17, 15) is 5.11 Å². The lowest BCUT2D eigenvalue weighted by Gasteiger charge is -2.11. The molecule has 3 rings (SSSR count). The van der Waals surface area contributed by atoms with Crippen molar-refractivity contribution >= 4 is 5.57 Å². The van der Waals surface area contributed by atoms with Gasteiger partial charge in [0.25, 0.3) is 0 Å². The Morgan fingerprint density at radius 3 is 2.90 bits per heavy atom. The molecular formula is C18H19NO2. The van der Waals surface area contributed by atoms with Crippen LogP contribution in [0, 0.1) is 0 Å². The fraction of sp³-hybridized carbons (Fsp3) is 0.222. The number of aromatic hydroxyl groups is 1. The normalized spacial score (nSPS) is 15.0. The van der Waals surface area contributed by atoms with Gasteiger partial charge in [0.2, 0.25) is 0 Å². The molecule has 0 saturated heterocycles. The molecule has 0 radical (unpaired) electrons. The summed E-state index contributed by atoms with van der Waals surface area (Å²) in [6, 6.07) is 13.6. The second kappa shape index (κ2) is 6.02. The lowest BCUT2D eigenvalue weighted by Crippen LogP contribution is -2.06. The molecule has 21 heavy (non-hydrogen) atoms. The molecule has 2 N–H and O–H groups in total. The number of phenolic OH excluding ortho intramolecular Hbond substituents is 1. The van der Waals surface area contributed by atoms with Crippen LogP contribution in [0.2, 0.25) is 0 Å². The first-order chi connectivity index (χ1) is 10.3. The van der Waals surface area contributed by atoms with Gasteiger partial charge in [-0.15, -0.1) is 0 Å². The topological polar surface area (TPSA) is 41.5 Å². The fourth-order valence-corrected chi connectivity index (χ4v) is 2.64. The highest BCUT2D eigenvalue weighted by Crippen LogP contribution is 2.38. The predicted octanol–water partition coefficient (Wildman–Crippen LogP) is 3.33. The molecule has 3 nitrogen and oxygen atoms in total. The van der Waals surface area contributed by atoms with Crippen molar-refractivity contribution in [3.8, 4) is 11.5 Å². The van der Waals surface area contributed by atoms with Gasteiger partial charge in [-0.25, -0.2) is 0 Å². The summed E-state index contributed by atoms with van der Waals surface area (Å²) in [7, 11) is 1.95. The van der Waals surface area contributed by atoms with Crippen LogP contribution in [0.4, 0.5) is 0 Å². The Morgan fingerprint density at radius 1 is 1.19 bits per heavy atom. The highest BCUT2D eigenvalue weighted by Gasteiger charge is 2.19. The van der Waals surface area contributed by atoms with Gasteiger partial charge < -0.3 is 15.2 Å². The first-order valence-corrected chi connectivity index (χ1v) is 7.19. The number of ether oxygens (including phenoxy) is 1. The third kappa shape index (κ3) is 2.78. The summed E-state index contributed by atoms with van der Waals surface area (Å²) in [5.74, 6) is 1.08. The van der Waals surface area contributed by atoms with Crippen LogP contribution in [0.25, 0.3) is 5.57 Å². The van der Waals surface area contributed by atoms with E-state index in [1.807, 2.05) is 25.2 Å². The first kappa shape index (κ1) is 13.7. The number of fused-ring (bicyclic) bond motifs is 2. The molecule has 0 aromatic heterocycles. The molecule has 0 fully saturated rings. The van der Waals surface area contributed by atoms with Crippen LogP contribution in [0.3, 0.4) is 0 Å². The van der Waals surface area contributed by atoms with E-state index < -0.39 is 0 Å². The first-order valence-electron chi connectivity index (χ1n) is 7.19. The van der Waals surface area contributed by atoms with E-state index in [1.165, 1.54) is 11.1 Å². The van der Waals surface area contributed by atoms with E-state index in [4.69, 9.17) is 4.74 Å². The molecule has 0 unspecified atom stereocenters. The van der Waals surface area contributed by atoms with Crippen LogP contribution in [-0.4, -0.2) is 18.7 Å². The molecule has 0 spiro atoms. The van der Waals surface area contributed by atoms with E-state index in [0.717, 1.165) is 29.9 Å². The Morgan fingerprint density at radius 2 is 2.05 bits per heavy atom. The maximum Gasteiger partial charge on any atom is 0.127 e. The molecule has 2 aromatic carbocycles. The quantitative estimate of drug-likeness (QED) is 0.848. The summed E-state index contributed by atoms with van der Waals surface area (Å²) in [5, 5.41) is 13.0. The van der Waals surface area contributed by atoms with Gasteiger partial charge in [-0.3, -0.25) is 0 Å². The Bertz CT molecular complexity index is 677. The van der Waals surface area contributed by atoms with Gasteiger partial charge in [0.05, 0.1) is 0 Å². The lowest BCUT2D eigenvalue weighted by molar-refractivity contribution is 0.306. The largest absolute Gasteiger partial charge is 0.508 e. The van der Waals surface area contributed by atoms with E-state index in [-0.39, 0.29) is 5.75 Å². The summed E-state index contributed by atoms with van der Waals surface area (Å²) in [4.78, 5) is 0. The van der Waals surface area contributed by atoms with Crippen LogP contribution < -0.4 is 10.1 Å². The zero-order valence-electron chi connectivity index (χ0n) is 12.1. The minimum Gasteiger partial charge on any atom is -0.508 e. The van der Waals surface area contributed by atoms with Gasteiger partial charge in [-0.2, -0.15) is 0 Å². The monoisotopic (exact) mass is 281 g/mol. The van der Waals surface area contributed by atoms with Crippen molar-refractivity contribution < 1.29 is 9.84 Å². The van der Waals surface area contributed by atoms with Gasteiger partial charge in [-0.1, -0.05) is 30.3 Å². The van der Waals surface area contributed by atoms with Crippen LogP contribution in [-0.2, 0) is 6.61 Å². The van der Waals surface area contributed by atoms with Gasteiger partial charge in [-0.05, 0) is 54.9 Å². The number of hydrogen-bond donors (Lipinski definition) is 2.